The van der Waals surface area contributed by atoms with Gasteiger partial charge in [0.05, 0.1) is 29.0 Å². The van der Waals surface area contributed by atoms with E-state index in [1.165, 1.54) is 4.90 Å². The summed E-state index contributed by atoms with van der Waals surface area (Å²) in [7, 11) is 0. The molecule has 2 aromatic heterocycles. The Balaban J connectivity index is 1.27. The first-order valence-electron chi connectivity index (χ1n) is 18.2. The number of rotatable bonds is 9. The van der Waals surface area contributed by atoms with Gasteiger partial charge in [0.1, 0.15) is 30.8 Å². The number of nitrogens with zero attached hydrogens (tertiary/aromatic N) is 3. The summed E-state index contributed by atoms with van der Waals surface area (Å²) in [5.41, 5.74) is 1.34. The number of para-hydroxylation sites is 1. The van der Waals surface area contributed by atoms with E-state index in [1.807, 2.05) is 24.3 Å². The number of esters is 2. The summed E-state index contributed by atoms with van der Waals surface area (Å²) in [6.45, 7) is 12.2. The number of fused-ring (bicyclic) bond motifs is 5. The SMILES string of the molecule is CCc1c2c(nc3ccccc13)-c1cc3c(c(=O)n1C2)COC(=O)[C@@]3(CC)OC(=O)[C@@H](NC(=O)[C@@H]1CCCN1C(=O)CNC(=O)OC(C)(C)C)C(C)C. The maximum absolute atomic E-state index is 14.1. The van der Waals surface area contributed by atoms with Crippen molar-refractivity contribution in [2.24, 2.45) is 5.92 Å². The van der Waals surface area contributed by atoms with Crippen LogP contribution in [0.1, 0.15) is 90.0 Å². The molecule has 0 bridgehead atoms. The number of pyridine rings is 2. The number of alkyl carbamates (subject to hydrolysis) is 1. The van der Waals surface area contributed by atoms with Gasteiger partial charge >= 0.3 is 18.0 Å². The average Bonchev–Trinajstić information content (AvgIpc) is 3.75. The van der Waals surface area contributed by atoms with Crippen molar-refractivity contribution < 1.29 is 38.2 Å². The van der Waals surface area contributed by atoms with Gasteiger partial charge in [-0.1, -0.05) is 45.9 Å². The Kier molecular flexibility index (Phi) is 10.1. The van der Waals surface area contributed by atoms with Gasteiger partial charge < -0.3 is 34.3 Å². The van der Waals surface area contributed by atoms with Crippen molar-refractivity contribution in [3.05, 3.63) is 62.9 Å². The van der Waals surface area contributed by atoms with Crippen LogP contribution < -0.4 is 16.2 Å². The van der Waals surface area contributed by atoms with E-state index in [2.05, 4.69) is 17.6 Å². The van der Waals surface area contributed by atoms with Crippen LogP contribution >= 0.6 is 0 Å². The molecule has 0 aliphatic carbocycles. The van der Waals surface area contributed by atoms with Gasteiger partial charge in [-0.05, 0) is 70.1 Å². The lowest BCUT2D eigenvalue weighted by Crippen LogP contribution is -2.56. The van der Waals surface area contributed by atoms with Crippen LogP contribution in [0.4, 0.5) is 4.79 Å². The van der Waals surface area contributed by atoms with Gasteiger partial charge in [-0.2, -0.15) is 0 Å². The van der Waals surface area contributed by atoms with Gasteiger partial charge in [0.15, 0.2) is 0 Å². The van der Waals surface area contributed by atoms with Gasteiger partial charge in [-0.3, -0.25) is 14.4 Å². The van der Waals surface area contributed by atoms with Crippen LogP contribution in [0.3, 0.4) is 0 Å². The Labute approximate surface area is 307 Å². The van der Waals surface area contributed by atoms with Gasteiger partial charge in [-0.25, -0.2) is 19.4 Å². The molecule has 3 amide bonds. The second-order valence-corrected chi connectivity index (χ2v) is 15.1. The van der Waals surface area contributed by atoms with Gasteiger partial charge in [0.2, 0.25) is 17.4 Å². The van der Waals surface area contributed by atoms with Crippen LogP contribution in [-0.4, -0.2) is 75.1 Å². The Morgan fingerprint density at radius 3 is 2.51 bits per heavy atom. The molecule has 0 radical (unpaired) electrons. The Morgan fingerprint density at radius 1 is 1.09 bits per heavy atom. The van der Waals surface area contributed by atoms with E-state index in [4.69, 9.17) is 19.2 Å². The molecule has 282 valence electrons. The number of ether oxygens (including phenoxy) is 3. The number of benzene rings is 1. The molecule has 1 fully saturated rings. The summed E-state index contributed by atoms with van der Waals surface area (Å²) < 4.78 is 18.5. The van der Waals surface area contributed by atoms with Crippen molar-refractivity contribution in [2.45, 2.75) is 111 Å². The zero-order valence-electron chi connectivity index (χ0n) is 31.3. The molecule has 0 saturated carbocycles. The number of hydrogen-bond donors (Lipinski definition) is 2. The fourth-order valence-electron chi connectivity index (χ4n) is 7.56. The van der Waals surface area contributed by atoms with Crippen molar-refractivity contribution in [1.82, 2.24) is 25.1 Å². The van der Waals surface area contributed by atoms with E-state index in [0.717, 1.165) is 28.5 Å². The number of nitrogens with one attached hydrogen (secondary N) is 2. The van der Waals surface area contributed by atoms with Gasteiger partial charge in [0.25, 0.3) is 5.56 Å². The molecule has 5 heterocycles. The summed E-state index contributed by atoms with van der Waals surface area (Å²) in [6, 6.07) is 7.42. The number of carbonyl (C=O) groups excluding carboxylic acids is 5. The predicted molar refractivity (Wildman–Crippen MR) is 194 cm³/mol. The van der Waals surface area contributed by atoms with E-state index in [1.54, 1.807) is 52.2 Å². The van der Waals surface area contributed by atoms with Crippen molar-refractivity contribution in [3.8, 4) is 11.4 Å². The van der Waals surface area contributed by atoms with E-state index in [-0.39, 0.29) is 36.3 Å². The van der Waals surface area contributed by atoms with E-state index < -0.39 is 59.0 Å². The first kappa shape index (κ1) is 37.5. The molecular formula is C39H47N5O9. The van der Waals surface area contributed by atoms with Crippen LogP contribution in [0.5, 0.6) is 0 Å². The monoisotopic (exact) mass is 729 g/mol. The molecule has 6 rings (SSSR count). The van der Waals surface area contributed by atoms with E-state index in [9.17, 15) is 28.8 Å². The molecule has 3 aliphatic rings. The predicted octanol–water partition coefficient (Wildman–Crippen LogP) is 3.85. The quantitative estimate of drug-likeness (QED) is 0.190. The van der Waals surface area contributed by atoms with Crippen LogP contribution in [-0.2, 0) is 58.6 Å². The lowest BCUT2D eigenvalue weighted by molar-refractivity contribution is -0.191. The zero-order valence-corrected chi connectivity index (χ0v) is 31.3. The minimum absolute atomic E-state index is 0.0417. The number of hydrogen-bond acceptors (Lipinski definition) is 10. The van der Waals surface area contributed by atoms with Crippen LogP contribution in [0.2, 0.25) is 0 Å². The highest BCUT2D eigenvalue weighted by atomic mass is 16.6. The number of amides is 3. The molecule has 0 spiro atoms. The standard InChI is InChI=1S/C39H47N5O9/c1-8-22-23-13-10-11-14-27(23)41-32-24(22)19-44-29(32)17-26-25(34(44)47)20-51-36(49)39(26,9-2)52-35(48)31(21(3)4)42-33(46)28-15-12-16-43(28)30(45)18-40-37(50)53-38(5,6)7/h10-11,13-14,17,21,28,31H,8-9,12,15-16,18-20H2,1-7H3,(H,40,50)(H,42,46)/t28-,31-,39-/m0/s1. The number of aromatic nitrogens is 2. The third-order valence-corrected chi connectivity index (χ3v) is 10.2. The average molecular weight is 730 g/mol. The number of carbonyl (C=O) groups is 5. The van der Waals surface area contributed by atoms with Crippen LogP contribution in [0.15, 0.2) is 35.1 Å². The molecule has 3 atom stereocenters. The summed E-state index contributed by atoms with van der Waals surface area (Å²) >= 11 is 0. The Hall–Kier alpha value is -5.27. The third-order valence-electron chi connectivity index (χ3n) is 10.2. The third kappa shape index (κ3) is 6.86. The fraction of sp³-hybridized carbons (Fsp3) is 0.513. The van der Waals surface area contributed by atoms with Crippen LogP contribution in [0.25, 0.3) is 22.3 Å². The maximum atomic E-state index is 14.1. The molecule has 14 nitrogen and oxygen atoms in total. The summed E-state index contributed by atoms with van der Waals surface area (Å²) in [5, 5.41) is 6.20. The fourth-order valence-corrected chi connectivity index (χ4v) is 7.56. The molecule has 3 aromatic rings. The minimum Gasteiger partial charge on any atom is -0.457 e. The smallest absolute Gasteiger partial charge is 0.408 e. The van der Waals surface area contributed by atoms with Crippen molar-refractivity contribution >= 4 is 40.7 Å². The first-order chi connectivity index (χ1) is 25.1. The number of cyclic esters (lactones) is 1. The summed E-state index contributed by atoms with van der Waals surface area (Å²) in [6.07, 6.45) is 0.822. The number of aryl methyl sites for hydroxylation is 1. The first-order valence-corrected chi connectivity index (χ1v) is 18.2. The van der Waals surface area contributed by atoms with Crippen molar-refractivity contribution in [1.29, 1.82) is 0 Å². The highest BCUT2D eigenvalue weighted by molar-refractivity contribution is 5.94. The zero-order chi connectivity index (χ0) is 38.4. The van der Waals surface area contributed by atoms with Gasteiger partial charge in [-0.15, -0.1) is 0 Å². The summed E-state index contributed by atoms with van der Waals surface area (Å²) in [4.78, 5) is 87.1. The van der Waals surface area contributed by atoms with E-state index >= 15 is 0 Å². The lowest BCUT2D eigenvalue weighted by atomic mass is 9.85. The molecule has 14 heteroatoms. The topological polar surface area (TPSA) is 175 Å². The Bertz CT molecular complexity index is 2070. The largest absolute Gasteiger partial charge is 0.457 e. The molecule has 0 unspecified atom stereocenters. The van der Waals surface area contributed by atoms with Crippen molar-refractivity contribution in [2.75, 3.05) is 13.1 Å². The normalized spacial score (nSPS) is 19.6. The number of likely N-dealkylation sites (tertiary alicyclic amines) is 1. The molecule has 2 N–H and O–H groups in total. The van der Waals surface area contributed by atoms with Gasteiger partial charge in [0, 0.05) is 23.1 Å². The van der Waals surface area contributed by atoms with E-state index in [0.29, 0.717) is 37.3 Å². The minimum atomic E-state index is -1.97. The molecule has 1 aromatic carbocycles. The second-order valence-electron chi connectivity index (χ2n) is 15.1. The summed E-state index contributed by atoms with van der Waals surface area (Å²) in [5.74, 6) is -3.23. The van der Waals surface area contributed by atoms with Crippen LogP contribution in [0, 0.1) is 5.92 Å². The second kappa shape index (κ2) is 14.3. The molecule has 53 heavy (non-hydrogen) atoms. The molecular weight excluding hydrogens is 682 g/mol. The lowest BCUT2D eigenvalue weighted by Gasteiger charge is -2.37. The highest BCUT2D eigenvalue weighted by Gasteiger charge is 2.52. The molecule has 1 saturated heterocycles. The highest BCUT2D eigenvalue weighted by Crippen LogP contribution is 2.42. The Morgan fingerprint density at radius 2 is 1.83 bits per heavy atom. The molecule has 3 aliphatic heterocycles. The van der Waals surface area contributed by atoms with Crippen molar-refractivity contribution in [3.63, 3.8) is 0 Å². The maximum Gasteiger partial charge on any atom is 0.408 e.